The van der Waals surface area contributed by atoms with Crippen molar-refractivity contribution in [2.24, 2.45) is 5.92 Å². The molecular weight excluding hydrogens is 188 g/mol. The van der Waals surface area contributed by atoms with Crippen molar-refractivity contribution in [1.82, 2.24) is 10.1 Å². The largest absolute Gasteiger partial charge is 0.357 e. The lowest BCUT2D eigenvalue weighted by molar-refractivity contribution is 0.301. The lowest BCUT2D eigenvalue weighted by Gasteiger charge is -2.16. The highest BCUT2D eigenvalue weighted by atomic mass is 16.5. The van der Waals surface area contributed by atoms with E-state index < -0.39 is 0 Å². The fourth-order valence-electron chi connectivity index (χ4n) is 2.91. The summed E-state index contributed by atoms with van der Waals surface area (Å²) in [4.78, 5) is 2.62. The monoisotopic (exact) mass is 204 g/mol. The quantitative estimate of drug-likeness (QED) is 0.755. The molecule has 0 radical (unpaired) electrons. The van der Waals surface area contributed by atoms with Gasteiger partial charge in [0.15, 0.2) is 5.76 Å². The third-order valence-electron chi connectivity index (χ3n) is 3.70. The van der Waals surface area contributed by atoms with Gasteiger partial charge in [-0.1, -0.05) is 11.2 Å². The second kappa shape index (κ2) is 3.81. The number of aromatic nitrogens is 1. The third kappa shape index (κ3) is 1.72. The summed E-state index contributed by atoms with van der Waals surface area (Å²) in [5, 5.41) is 3.68. The Hall–Kier alpha value is -1.09. The van der Waals surface area contributed by atoms with E-state index in [-0.39, 0.29) is 0 Å². The molecule has 0 spiro atoms. The Bertz CT molecular complexity index is 325. The molecule has 2 bridgehead atoms. The van der Waals surface area contributed by atoms with E-state index in [4.69, 9.17) is 4.52 Å². The maximum atomic E-state index is 5.02. The van der Waals surface area contributed by atoms with Crippen LogP contribution >= 0.6 is 0 Å². The SMILES string of the molecule is C(=Cc1ccno1)CC1C2CCN1CC2. The molecule has 2 saturated heterocycles. The molecule has 3 nitrogen and oxygen atoms in total. The molecule has 0 saturated carbocycles. The van der Waals surface area contributed by atoms with Gasteiger partial charge in [-0.2, -0.15) is 0 Å². The molecule has 1 aromatic heterocycles. The van der Waals surface area contributed by atoms with Crippen molar-refractivity contribution in [2.75, 3.05) is 13.1 Å². The number of nitrogens with zero attached hydrogens (tertiary/aromatic N) is 2. The van der Waals surface area contributed by atoms with Gasteiger partial charge in [-0.25, -0.2) is 0 Å². The zero-order valence-corrected chi connectivity index (χ0v) is 8.80. The Morgan fingerprint density at radius 1 is 1.47 bits per heavy atom. The van der Waals surface area contributed by atoms with Crippen molar-refractivity contribution in [2.45, 2.75) is 25.3 Å². The van der Waals surface area contributed by atoms with Crippen molar-refractivity contribution < 1.29 is 4.52 Å². The summed E-state index contributed by atoms with van der Waals surface area (Å²) >= 11 is 0. The average Bonchev–Trinajstić information content (AvgIpc) is 2.96. The van der Waals surface area contributed by atoms with Crippen LogP contribution in [0.15, 0.2) is 22.9 Å². The third-order valence-corrected chi connectivity index (χ3v) is 3.70. The second-order valence-corrected chi connectivity index (χ2v) is 4.49. The lowest BCUT2D eigenvalue weighted by Crippen LogP contribution is -2.24. The summed E-state index contributed by atoms with van der Waals surface area (Å²) in [6, 6.07) is 2.68. The van der Waals surface area contributed by atoms with E-state index in [0.29, 0.717) is 0 Å². The van der Waals surface area contributed by atoms with Crippen molar-refractivity contribution in [3.63, 3.8) is 0 Å². The summed E-state index contributed by atoms with van der Waals surface area (Å²) in [7, 11) is 0. The highest BCUT2D eigenvalue weighted by Gasteiger charge is 2.38. The van der Waals surface area contributed by atoms with Crippen LogP contribution in [-0.2, 0) is 0 Å². The maximum absolute atomic E-state index is 5.02. The van der Waals surface area contributed by atoms with E-state index in [1.54, 1.807) is 6.20 Å². The molecule has 3 heterocycles. The van der Waals surface area contributed by atoms with Gasteiger partial charge in [-0.15, -0.1) is 0 Å². The van der Waals surface area contributed by atoms with Gasteiger partial charge in [0.05, 0.1) is 6.20 Å². The van der Waals surface area contributed by atoms with Crippen LogP contribution in [-0.4, -0.2) is 29.2 Å². The van der Waals surface area contributed by atoms with Gasteiger partial charge in [0, 0.05) is 12.1 Å². The van der Waals surface area contributed by atoms with E-state index in [1.165, 1.54) is 25.9 Å². The predicted octanol–water partition coefficient (Wildman–Crippen LogP) is 2.17. The Morgan fingerprint density at radius 2 is 2.33 bits per heavy atom. The van der Waals surface area contributed by atoms with Crippen molar-refractivity contribution in [3.8, 4) is 0 Å². The van der Waals surface area contributed by atoms with Crippen LogP contribution in [0.5, 0.6) is 0 Å². The second-order valence-electron chi connectivity index (χ2n) is 4.49. The maximum Gasteiger partial charge on any atom is 0.159 e. The molecule has 2 aliphatic heterocycles. The summed E-state index contributed by atoms with van der Waals surface area (Å²) in [5.74, 6) is 1.81. The molecule has 3 heteroatoms. The van der Waals surface area contributed by atoms with Crippen molar-refractivity contribution in [3.05, 3.63) is 24.1 Å². The minimum Gasteiger partial charge on any atom is -0.357 e. The van der Waals surface area contributed by atoms with E-state index in [9.17, 15) is 0 Å². The Labute approximate surface area is 89.7 Å². The van der Waals surface area contributed by atoms with Crippen LogP contribution in [0.1, 0.15) is 25.0 Å². The molecule has 80 valence electrons. The van der Waals surface area contributed by atoms with E-state index >= 15 is 0 Å². The first kappa shape index (κ1) is 9.16. The predicted molar refractivity (Wildman–Crippen MR) is 58.2 cm³/mol. The van der Waals surface area contributed by atoms with E-state index in [2.05, 4.69) is 16.1 Å². The van der Waals surface area contributed by atoms with Gasteiger partial charge >= 0.3 is 0 Å². The Balaban J connectivity index is 1.58. The van der Waals surface area contributed by atoms with Crippen LogP contribution in [0.3, 0.4) is 0 Å². The van der Waals surface area contributed by atoms with Gasteiger partial charge in [-0.3, -0.25) is 4.90 Å². The molecule has 0 aliphatic carbocycles. The zero-order chi connectivity index (χ0) is 10.1. The number of hydrogen-bond donors (Lipinski definition) is 0. The fourth-order valence-corrected chi connectivity index (χ4v) is 2.91. The van der Waals surface area contributed by atoms with Gasteiger partial charge in [0.2, 0.25) is 0 Å². The van der Waals surface area contributed by atoms with E-state index in [1.807, 2.05) is 12.1 Å². The van der Waals surface area contributed by atoms with Gasteiger partial charge in [0.1, 0.15) is 0 Å². The van der Waals surface area contributed by atoms with Gasteiger partial charge < -0.3 is 4.52 Å². The number of rotatable bonds is 3. The molecule has 1 unspecified atom stereocenters. The van der Waals surface area contributed by atoms with Gasteiger partial charge in [-0.05, 0) is 44.3 Å². The molecule has 0 N–H and O–H groups in total. The Morgan fingerprint density at radius 3 is 2.93 bits per heavy atom. The molecule has 0 aromatic carbocycles. The topological polar surface area (TPSA) is 29.3 Å². The first-order chi connectivity index (χ1) is 7.43. The van der Waals surface area contributed by atoms with Crippen molar-refractivity contribution >= 4 is 6.08 Å². The molecule has 15 heavy (non-hydrogen) atoms. The first-order valence-corrected chi connectivity index (χ1v) is 5.75. The normalized spacial score (nSPS) is 34.3. The number of fused-ring (bicyclic) bond motifs is 2. The molecule has 1 atom stereocenters. The van der Waals surface area contributed by atoms with Gasteiger partial charge in [0.25, 0.3) is 0 Å². The summed E-state index contributed by atoms with van der Waals surface area (Å²) in [5.41, 5.74) is 0. The van der Waals surface area contributed by atoms with Crippen LogP contribution in [0, 0.1) is 5.92 Å². The highest BCUT2D eigenvalue weighted by molar-refractivity contribution is 5.41. The fraction of sp³-hybridized carbons (Fsp3) is 0.583. The molecule has 2 aliphatic rings. The lowest BCUT2D eigenvalue weighted by atomic mass is 9.97. The van der Waals surface area contributed by atoms with Crippen LogP contribution in [0.4, 0.5) is 0 Å². The molecule has 0 amide bonds. The average molecular weight is 204 g/mol. The molecule has 2 fully saturated rings. The van der Waals surface area contributed by atoms with Crippen LogP contribution < -0.4 is 0 Å². The van der Waals surface area contributed by atoms with Crippen LogP contribution in [0.2, 0.25) is 0 Å². The minimum atomic E-state index is 0.796. The van der Waals surface area contributed by atoms with E-state index in [0.717, 1.165) is 24.1 Å². The summed E-state index contributed by atoms with van der Waals surface area (Å²) in [6.45, 7) is 2.62. The smallest absolute Gasteiger partial charge is 0.159 e. The summed E-state index contributed by atoms with van der Waals surface area (Å²) < 4.78 is 5.02. The number of piperidine rings is 1. The first-order valence-electron chi connectivity index (χ1n) is 5.75. The zero-order valence-electron chi connectivity index (χ0n) is 8.80. The highest BCUT2D eigenvalue weighted by Crippen LogP contribution is 2.36. The minimum absolute atomic E-state index is 0.796. The molecule has 3 rings (SSSR count). The van der Waals surface area contributed by atoms with Crippen LogP contribution in [0.25, 0.3) is 6.08 Å². The summed E-state index contributed by atoms with van der Waals surface area (Å²) in [6.07, 6.45) is 9.91. The van der Waals surface area contributed by atoms with Crippen molar-refractivity contribution in [1.29, 1.82) is 0 Å². The number of hydrogen-bond acceptors (Lipinski definition) is 3. The Kier molecular flexibility index (Phi) is 2.33. The molecular formula is C12H16N2O. The molecule has 1 aromatic rings. The standard InChI is InChI=1S/C12H16N2O/c1(2-11-4-7-13-15-11)3-12-10-5-8-14(12)9-6-10/h1-2,4,7,10,12H,3,5-6,8-9H2.